The molecule has 2 aromatic rings. The number of nitrogens with zero attached hydrogens (tertiary/aromatic N) is 1. The lowest BCUT2D eigenvalue weighted by Gasteiger charge is -2.17. The summed E-state index contributed by atoms with van der Waals surface area (Å²) >= 11 is 0. The van der Waals surface area contributed by atoms with E-state index in [1.54, 1.807) is 7.11 Å². The highest BCUT2D eigenvalue weighted by atomic mass is 35.7. The van der Waals surface area contributed by atoms with Gasteiger partial charge in [-0.1, -0.05) is 44.4 Å². The monoisotopic (exact) mass is 425 g/mol. The van der Waals surface area contributed by atoms with Crippen molar-refractivity contribution in [3.63, 3.8) is 0 Å². The third-order valence-electron chi connectivity index (χ3n) is 3.92. The van der Waals surface area contributed by atoms with Crippen molar-refractivity contribution in [2.75, 3.05) is 13.7 Å². The summed E-state index contributed by atoms with van der Waals surface area (Å²) < 4.78 is 47.3. The third kappa shape index (κ3) is 12.1. The molecule has 1 aromatic heterocycles. The Kier molecular flexibility index (Phi) is 11.3. The maximum atomic E-state index is 8.49. The zero-order valence-corrected chi connectivity index (χ0v) is 17.8. The molecular formula is C21H28ClNO6. The molecule has 1 heterocycles. The molecule has 7 nitrogen and oxygen atoms in total. The minimum absolute atomic E-state index is 0.743. The zero-order valence-electron chi connectivity index (χ0n) is 17.0. The van der Waals surface area contributed by atoms with Gasteiger partial charge in [-0.25, -0.2) is 23.2 Å². The summed E-state index contributed by atoms with van der Waals surface area (Å²) in [6.07, 6.45) is 13.1. The molecule has 0 aliphatic carbocycles. The number of methoxy groups -OCH3 is 1. The molecular weight excluding hydrogens is 398 g/mol. The quantitative estimate of drug-likeness (QED) is 0.409. The second-order valence-corrected chi connectivity index (χ2v) is 7.08. The van der Waals surface area contributed by atoms with E-state index in [1.807, 2.05) is 36.1 Å². The van der Waals surface area contributed by atoms with Crippen LogP contribution in [0.4, 0.5) is 0 Å². The molecule has 2 rings (SSSR count). The normalized spacial score (nSPS) is 11.1. The van der Waals surface area contributed by atoms with Crippen molar-refractivity contribution in [1.29, 1.82) is 0 Å². The van der Waals surface area contributed by atoms with Crippen LogP contribution in [0.25, 0.3) is 12.2 Å². The van der Waals surface area contributed by atoms with E-state index in [2.05, 4.69) is 37.3 Å². The summed E-state index contributed by atoms with van der Waals surface area (Å²) in [5.41, 5.74) is 2.27. The van der Waals surface area contributed by atoms with Crippen LogP contribution < -0.4 is 32.7 Å². The number of benzene rings is 1. The van der Waals surface area contributed by atoms with Gasteiger partial charge in [0.05, 0.1) is 13.7 Å². The average Bonchev–Trinajstić information content (AvgIpc) is 2.66. The third-order valence-corrected chi connectivity index (χ3v) is 3.92. The van der Waals surface area contributed by atoms with Crippen LogP contribution in [-0.2, 0) is 7.05 Å². The van der Waals surface area contributed by atoms with E-state index < -0.39 is 10.2 Å². The van der Waals surface area contributed by atoms with Crippen molar-refractivity contribution in [1.82, 2.24) is 0 Å². The molecule has 29 heavy (non-hydrogen) atoms. The number of pyridine rings is 1. The fourth-order valence-electron chi connectivity index (χ4n) is 2.43. The standard InChI is InChI=1S/C21H28NO2.ClHO4/c1-4-5-6-7-16-24-20-11-10-19(17-21(20)23-3)9-8-18-12-14-22(2)15-13-18;2-1(3,4)5/h8-15,17H,4-7,16H2,1-3H3;(H,2,3,4,5)/q+1;/p-1/b9-8+;. The van der Waals surface area contributed by atoms with Gasteiger partial charge in [0.1, 0.15) is 7.05 Å². The molecule has 0 spiro atoms. The molecule has 0 amide bonds. The van der Waals surface area contributed by atoms with Crippen LogP contribution in [-0.4, -0.2) is 13.7 Å². The maximum Gasteiger partial charge on any atom is 0.169 e. The van der Waals surface area contributed by atoms with Crippen molar-refractivity contribution in [3.05, 3.63) is 53.9 Å². The summed E-state index contributed by atoms with van der Waals surface area (Å²) in [5.74, 6) is 1.60. The lowest BCUT2D eigenvalue weighted by Crippen LogP contribution is -2.68. The van der Waals surface area contributed by atoms with Gasteiger partial charge >= 0.3 is 0 Å². The Bertz CT molecular complexity index is 738. The van der Waals surface area contributed by atoms with Gasteiger partial charge in [-0.3, -0.25) is 0 Å². The van der Waals surface area contributed by atoms with Crippen LogP contribution in [0.15, 0.2) is 42.7 Å². The number of halogens is 1. The van der Waals surface area contributed by atoms with Gasteiger partial charge in [0.2, 0.25) is 0 Å². The first-order valence-corrected chi connectivity index (χ1v) is 10.5. The Morgan fingerprint density at radius 2 is 1.52 bits per heavy atom. The number of rotatable bonds is 9. The fraction of sp³-hybridized carbons (Fsp3) is 0.381. The van der Waals surface area contributed by atoms with E-state index >= 15 is 0 Å². The van der Waals surface area contributed by atoms with Crippen LogP contribution in [0.5, 0.6) is 11.5 Å². The Morgan fingerprint density at radius 1 is 0.897 bits per heavy atom. The van der Waals surface area contributed by atoms with Crippen molar-refractivity contribution in [3.8, 4) is 11.5 Å². The Morgan fingerprint density at radius 3 is 2.10 bits per heavy atom. The van der Waals surface area contributed by atoms with E-state index in [0.717, 1.165) is 30.1 Å². The van der Waals surface area contributed by atoms with Crippen LogP contribution in [0, 0.1) is 10.2 Å². The van der Waals surface area contributed by atoms with Crippen LogP contribution in [0.3, 0.4) is 0 Å². The van der Waals surface area contributed by atoms with E-state index in [-0.39, 0.29) is 0 Å². The van der Waals surface area contributed by atoms with Gasteiger partial charge in [-0.2, -0.15) is 0 Å². The second-order valence-electron chi connectivity index (χ2n) is 6.33. The number of ether oxygens (including phenoxy) is 2. The smallest absolute Gasteiger partial charge is 0.169 e. The topological polar surface area (TPSA) is 115 Å². The highest BCUT2D eigenvalue weighted by molar-refractivity contribution is 5.70. The first-order valence-electron chi connectivity index (χ1n) is 9.29. The van der Waals surface area contributed by atoms with E-state index in [9.17, 15) is 0 Å². The van der Waals surface area contributed by atoms with Crippen LogP contribution in [0.2, 0.25) is 0 Å². The summed E-state index contributed by atoms with van der Waals surface area (Å²) in [5, 5.41) is 0. The number of aryl methyl sites for hydroxylation is 1. The van der Waals surface area contributed by atoms with Gasteiger partial charge < -0.3 is 9.47 Å². The molecule has 0 saturated heterocycles. The van der Waals surface area contributed by atoms with E-state index in [0.29, 0.717) is 0 Å². The minimum Gasteiger partial charge on any atom is -0.493 e. The minimum atomic E-state index is -4.94. The summed E-state index contributed by atoms with van der Waals surface area (Å²) in [6, 6.07) is 10.2. The largest absolute Gasteiger partial charge is 0.493 e. The number of aromatic nitrogens is 1. The molecule has 1 aromatic carbocycles. The first kappa shape index (κ1) is 24.9. The molecule has 0 unspecified atom stereocenters. The summed E-state index contributed by atoms with van der Waals surface area (Å²) in [6.45, 7) is 2.96. The SMILES string of the molecule is CCCCCCOc1ccc(/C=C/c2cc[n+](C)cc2)cc1OC.[O-][Cl+3]([O-])([O-])[O-]. The highest BCUT2D eigenvalue weighted by Crippen LogP contribution is 2.29. The van der Waals surface area contributed by atoms with Crippen molar-refractivity contribution in [2.24, 2.45) is 7.05 Å². The first-order chi connectivity index (χ1) is 13.7. The Labute approximate surface area is 174 Å². The summed E-state index contributed by atoms with van der Waals surface area (Å²) in [7, 11) is -1.25. The van der Waals surface area contributed by atoms with Gasteiger partial charge in [0, 0.05) is 12.1 Å². The fourth-order valence-corrected chi connectivity index (χ4v) is 2.43. The average molecular weight is 426 g/mol. The molecule has 0 fully saturated rings. The van der Waals surface area contributed by atoms with Crippen molar-refractivity contribution < 1.29 is 42.9 Å². The molecule has 0 atom stereocenters. The molecule has 0 aliphatic rings. The van der Waals surface area contributed by atoms with E-state index in [1.165, 1.54) is 24.8 Å². The molecule has 0 aliphatic heterocycles. The predicted octanol–water partition coefficient (Wildman–Crippen LogP) is -0.107. The van der Waals surface area contributed by atoms with Crippen molar-refractivity contribution in [2.45, 2.75) is 32.6 Å². The summed E-state index contributed by atoms with van der Waals surface area (Å²) in [4.78, 5) is 0. The number of hydrogen-bond donors (Lipinski definition) is 0. The highest BCUT2D eigenvalue weighted by Gasteiger charge is 2.04. The Balaban J connectivity index is 0.000000749. The molecule has 0 radical (unpaired) electrons. The van der Waals surface area contributed by atoms with Crippen LogP contribution in [0.1, 0.15) is 43.7 Å². The number of unbranched alkanes of at least 4 members (excludes halogenated alkanes) is 3. The van der Waals surface area contributed by atoms with Gasteiger partial charge in [0.25, 0.3) is 0 Å². The second kappa shape index (κ2) is 13.1. The molecule has 0 saturated carbocycles. The van der Waals surface area contributed by atoms with Gasteiger partial charge in [-0.05, 0) is 29.7 Å². The molecule has 0 N–H and O–H groups in total. The predicted molar refractivity (Wildman–Crippen MR) is 99.2 cm³/mol. The maximum absolute atomic E-state index is 8.49. The lowest BCUT2D eigenvalue weighted by atomic mass is 10.1. The lowest BCUT2D eigenvalue weighted by molar-refractivity contribution is -2.00. The molecule has 0 bridgehead atoms. The molecule has 8 heteroatoms. The van der Waals surface area contributed by atoms with Crippen molar-refractivity contribution >= 4 is 12.2 Å². The molecule has 160 valence electrons. The van der Waals surface area contributed by atoms with E-state index in [4.69, 9.17) is 28.1 Å². The Hall–Kier alpha value is -2.16. The van der Waals surface area contributed by atoms with Gasteiger partial charge in [0.15, 0.2) is 23.9 Å². The zero-order chi connectivity index (χ0) is 21.7. The van der Waals surface area contributed by atoms with Crippen LogP contribution >= 0.6 is 0 Å². The number of hydrogen-bond acceptors (Lipinski definition) is 6. The van der Waals surface area contributed by atoms with Gasteiger partial charge in [-0.15, -0.1) is 10.2 Å².